The summed E-state index contributed by atoms with van der Waals surface area (Å²) in [6, 6.07) is 0. The average Bonchev–Trinajstić information content (AvgIpc) is 2.88. The van der Waals surface area contributed by atoms with E-state index < -0.39 is 48.4 Å². The average molecular weight is 318 g/mol. The number of rotatable bonds is 5. The number of amides is 2. The number of carbonyl (C=O) groups excluding carboxylic acids is 2. The minimum Gasteiger partial charge on any atom is -0.394 e. The molecule has 2 aliphatic rings. The van der Waals surface area contributed by atoms with E-state index in [4.69, 9.17) is 15.2 Å². The molecular weight excluding hydrogens is 296 g/mol. The van der Waals surface area contributed by atoms with Crippen molar-refractivity contribution in [2.75, 3.05) is 26.8 Å². The summed E-state index contributed by atoms with van der Waals surface area (Å²) in [6.45, 7) is -0.385. The van der Waals surface area contributed by atoms with Crippen LogP contribution in [-0.2, 0) is 19.1 Å². The van der Waals surface area contributed by atoms with Gasteiger partial charge in [-0.2, -0.15) is 0 Å². The molecule has 0 aromatic carbocycles. The highest BCUT2D eigenvalue weighted by Gasteiger charge is 2.61. The van der Waals surface area contributed by atoms with Crippen LogP contribution in [0, 0.1) is 5.92 Å². The molecule has 0 spiro atoms. The van der Waals surface area contributed by atoms with Crippen LogP contribution in [0.25, 0.3) is 0 Å². The van der Waals surface area contributed by atoms with Crippen molar-refractivity contribution in [1.82, 2.24) is 4.90 Å². The molecule has 2 fully saturated rings. The molecule has 5 N–H and O–H groups in total. The van der Waals surface area contributed by atoms with Crippen molar-refractivity contribution in [3.63, 3.8) is 0 Å². The second-order valence-corrected chi connectivity index (χ2v) is 5.76. The maximum Gasteiger partial charge on any atom is 0.252 e. The Morgan fingerprint density at radius 1 is 1.45 bits per heavy atom. The van der Waals surface area contributed by atoms with Crippen molar-refractivity contribution >= 4 is 12.3 Å². The zero-order chi connectivity index (χ0) is 16.5. The lowest BCUT2D eigenvalue weighted by Gasteiger charge is -2.49. The van der Waals surface area contributed by atoms with Crippen molar-refractivity contribution in [2.45, 2.75) is 36.4 Å². The number of nitrogens with zero attached hydrogens (tertiary/aromatic N) is 1. The van der Waals surface area contributed by atoms with Gasteiger partial charge in [-0.05, 0) is 0 Å². The smallest absolute Gasteiger partial charge is 0.252 e. The molecule has 2 amide bonds. The van der Waals surface area contributed by atoms with Gasteiger partial charge in [0.05, 0.1) is 24.9 Å². The molecular formula is C13H22N2O7. The molecule has 9 nitrogen and oxygen atoms in total. The summed E-state index contributed by atoms with van der Waals surface area (Å²) in [6.07, 6.45) is -3.37. The van der Waals surface area contributed by atoms with Gasteiger partial charge in [0.1, 0.15) is 6.10 Å². The van der Waals surface area contributed by atoms with Gasteiger partial charge in [-0.15, -0.1) is 0 Å². The Kier molecular flexibility index (Phi) is 5.03. The van der Waals surface area contributed by atoms with Gasteiger partial charge >= 0.3 is 0 Å². The maximum atomic E-state index is 12.2. The molecule has 2 aliphatic heterocycles. The molecule has 0 saturated carbocycles. The number of likely N-dealkylation sites (tertiary alicyclic amines) is 1. The Morgan fingerprint density at radius 2 is 2.14 bits per heavy atom. The summed E-state index contributed by atoms with van der Waals surface area (Å²) in [7, 11) is 1.34. The van der Waals surface area contributed by atoms with Crippen LogP contribution in [-0.4, -0.2) is 89.4 Å². The molecule has 0 bridgehead atoms. The molecule has 2 rings (SSSR count). The Hall–Kier alpha value is -1.26. The van der Waals surface area contributed by atoms with Crippen LogP contribution in [0.15, 0.2) is 0 Å². The number of ether oxygens (including phenoxy) is 2. The van der Waals surface area contributed by atoms with E-state index in [-0.39, 0.29) is 19.5 Å². The molecule has 0 aromatic rings. The van der Waals surface area contributed by atoms with Crippen molar-refractivity contribution in [3.8, 4) is 0 Å². The largest absolute Gasteiger partial charge is 0.394 e. The topological polar surface area (TPSA) is 143 Å². The van der Waals surface area contributed by atoms with Crippen LogP contribution in [0.4, 0.5) is 0 Å². The minimum atomic E-state index is -1.72. The number of aliphatic hydroxyl groups is 3. The van der Waals surface area contributed by atoms with Crippen molar-refractivity contribution in [3.05, 3.63) is 0 Å². The van der Waals surface area contributed by atoms with Gasteiger partial charge in [-0.3, -0.25) is 9.59 Å². The van der Waals surface area contributed by atoms with E-state index in [9.17, 15) is 24.9 Å². The number of nitrogens with two attached hydrogens (primary N) is 1. The summed E-state index contributed by atoms with van der Waals surface area (Å²) in [5.74, 6) is -1.66. The highest BCUT2D eigenvalue weighted by atomic mass is 16.6. The normalized spacial score (nSPS) is 42.4. The van der Waals surface area contributed by atoms with Crippen molar-refractivity contribution in [1.29, 1.82) is 0 Å². The van der Waals surface area contributed by atoms with Crippen LogP contribution >= 0.6 is 0 Å². The van der Waals surface area contributed by atoms with Gasteiger partial charge in [0.25, 0.3) is 5.91 Å². The Bertz CT molecular complexity index is 435. The second-order valence-electron chi connectivity index (χ2n) is 5.76. The van der Waals surface area contributed by atoms with E-state index in [2.05, 4.69) is 0 Å². The fraction of sp³-hybridized carbons (Fsp3) is 0.846. The first-order valence-corrected chi connectivity index (χ1v) is 7.07. The number of hydrogen-bond acceptors (Lipinski definition) is 7. The molecule has 126 valence electrons. The van der Waals surface area contributed by atoms with Gasteiger partial charge in [-0.25, -0.2) is 0 Å². The van der Waals surface area contributed by atoms with Gasteiger partial charge < -0.3 is 35.4 Å². The van der Waals surface area contributed by atoms with Crippen molar-refractivity contribution < 1.29 is 34.4 Å². The molecule has 0 aromatic heterocycles. The Morgan fingerprint density at radius 3 is 2.59 bits per heavy atom. The predicted molar refractivity (Wildman–Crippen MR) is 72.4 cm³/mol. The van der Waals surface area contributed by atoms with Gasteiger partial charge in [0, 0.05) is 32.5 Å². The lowest BCUT2D eigenvalue weighted by Crippen LogP contribution is -2.69. The Labute approximate surface area is 127 Å². The Balaban J connectivity index is 2.40. The third-order valence-corrected chi connectivity index (χ3v) is 4.58. The quantitative estimate of drug-likeness (QED) is 0.391. The van der Waals surface area contributed by atoms with Crippen LogP contribution in [0.2, 0.25) is 0 Å². The van der Waals surface area contributed by atoms with E-state index >= 15 is 0 Å². The third kappa shape index (κ3) is 2.59. The summed E-state index contributed by atoms with van der Waals surface area (Å²) >= 11 is 0. The van der Waals surface area contributed by atoms with Gasteiger partial charge in [-0.1, -0.05) is 0 Å². The molecule has 9 heteroatoms. The molecule has 2 heterocycles. The number of primary amides is 1. The van der Waals surface area contributed by atoms with E-state index in [0.717, 1.165) is 0 Å². The summed E-state index contributed by atoms with van der Waals surface area (Å²) < 4.78 is 10.9. The fourth-order valence-corrected chi connectivity index (χ4v) is 3.43. The lowest BCUT2D eigenvalue weighted by molar-refractivity contribution is -0.254. The first-order valence-electron chi connectivity index (χ1n) is 7.07. The van der Waals surface area contributed by atoms with E-state index in [1.54, 1.807) is 0 Å². The third-order valence-electron chi connectivity index (χ3n) is 4.58. The highest BCUT2D eigenvalue weighted by Crippen LogP contribution is 2.41. The minimum absolute atomic E-state index is 0.0228. The second kappa shape index (κ2) is 6.47. The predicted octanol–water partition coefficient (Wildman–Crippen LogP) is -3.18. The van der Waals surface area contributed by atoms with Gasteiger partial charge in [0.15, 0.2) is 5.60 Å². The van der Waals surface area contributed by atoms with E-state index in [1.807, 2.05) is 0 Å². The van der Waals surface area contributed by atoms with E-state index in [1.165, 1.54) is 12.0 Å². The lowest BCUT2D eigenvalue weighted by atomic mass is 9.75. The van der Waals surface area contributed by atoms with Crippen LogP contribution in [0.5, 0.6) is 0 Å². The SMILES string of the molecule is COC1CC(O)C(CO)OC1(C(N)=O)[C@H]1CN(C=O)C[C@H]1O. The first-order chi connectivity index (χ1) is 10.4. The van der Waals surface area contributed by atoms with Crippen LogP contribution < -0.4 is 5.73 Å². The van der Waals surface area contributed by atoms with E-state index in [0.29, 0.717) is 6.41 Å². The summed E-state index contributed by atoms with van der Waals surface area (Å²) in [5, 5.41) is 29.5. The number of hydrogen-bond donors (Lipinski definition) is 4. The first kappa shape index (κ1) is 17.1. The van der Waals surface area contributed by atoms with Gasteiger partial charge in [0.2, 0.25) is 6.41 Å². The van der Waals surface area contributed by atoms with Crippen LogP contribution in [0.1, 0.15) is 6.42 Å². The zero-order valence-corrected chi connectivity index (χ0v) is 12.3. The number of carbonyl (C=O) groups is 2. The zero-order valence-electron chi connectivity index (χ0n) is 12.3. The summed E-state index contributed by atoms with van der Waals surface area (Å²) in [4.78, 5) is 24.4. The fourth-order valence-electron chi connectivity index (χ4n) is 3.43. The molecule has 0 aliphatic carbocycles. The standard InChI is InChI=1S/C13H22N2O7/c1-21-11-2-8(18)10(5-16)22-13(11,12(14)20)7-3-15(6-17)4-9(7)19/h6-11,16,18-19H,2-5H2,1H3,(H2,14,20)/t7-,8?,9+,10?,11?,13?/m0/s1. The number of methoxy groups -OCH3 is 1. The highest BCUT2D eigenvalue weighted by molar-refractivity contribution is 5.85. The monoisotopic (exact) mass is 318 g/mol. The summed E-state index contributed by atoms with van der Waals surface area (Å²) in [5.41, 5.74) is 3.81. The molecule has 0 radical (unpaired) electrons. The van der Waals surface area contributed by atoms with Crippen molar-refractivity contribution in [2.24, 2.45) is 11.7 Å². The van der Waals surface area contributed by atoms with Crippen LogP contribution in [0.3, 0.4) is 0 Å². The maximum absolute atomic E-state index is 12.2. The molecule has 6 atom stereocenters. The molecule has 22 heavy (non-hydrogen) atoms. The molecule has 2 saturated heterocycles. The number of aliphatic hydroxyl groups excluding tert-OH is 3. The number of β-amino-alcohol motifs (C(OH)–C–C–N with tert-alkyl or cyclic N) is 1. The molecule has 4 unspecified atom stereocenters.